The molecule has 1 aromatic carbocycles. The molecule has 2 N–H and O–H groups in total. The van der Waals surface area contributed by atoms with Gasteiger partial charge in [0.1, 0.15) is 5.75 Å². The summed E-state index contributed by atoms with van der Waals surface area (Å²) in [5, 5.41) is 0. The number of hydrogen-bond donors (Lipinski definition) is 1. The summed E-state index contributed by atoms with van der Waals surface area (Å²) in [6, 6.07) is 6.09. The Labute approximate surface area is 104 Å². The van der Waals surface area contributed by atoms with Gasteiger partial charge in [0.2, 0.25) is 0 Å². The van der Waals surface area contributed by atoms with Crippen LogP contribution in [-0.4, -0.2) is 19.2 Å². The van der Waals surface area contributed by atoms with E-state index in [4.69, 9.17) is 10.5 Å². The Morgan fingerprint density at radius 1 is 1.41 bits per heavy atom. The molecule has 17 heavy (non-hydrogen) atoms. The van der Waals surface area contributed by atoms with Crippen molar-refractivity contribution < 1.29 is 4.74 Å². The number of ether oxygens (including phenoxy) is 1. The molecule has 0 amide bonds. The van der Waals surface area contributed by atoms with Gasteiger partial charge in [0, 0.05) is 24.8 Å². The Balaban J connectivity index is 2.18. The minimum absolute atomic E-state index is 0.157. The van der Waals surface area contributed by atoms with Gasteiger partial charge in [0.05, 0.1) is 11.8 Å². The Hall–Kier alpha value is -1.38. The molecule has 1 aromatic rings. The van der Waals surface area contributed by atoms with Gasteiger partial charge in [-0.1, -0.05) is 6.92 Å². The highest BCUT2D eigenvalue weighted by Gasteiger charge is 2.19. The molecule has 0 bridgehead atoms. The number of nitrogens with two attached hydrogens (primary N) is 1. The van der Waals surface area contributed by atoms with Crippen molar-refractivity contribution in [3.63, 3.8) is 0 Å². The zero-order chi connectivity index (χ0) is 12.4. The second-order valence-corrected chi connectivity index (χ2v) is 5.23. The highest BCUT2D eigenvalue weighted by molar-refractivity contribution is 5.62. The average molecular weight is 234 g/mol. The lowest BCUT2D eigenvalue weighted by atomic mass is 10.2. The van der Waals surface area contributed by atoms with Crippen LogP contribution >= 0.6 is 0 Å². The predicted octanol–water partition coefficient (Wildman–Crippen LogP) is 2.90. The van der Waals surface area contributed by atoms with E-state index < -0.39 is 0 Å². The molecular formula is C14H22N2O. The van der Waals surface area contributed by atoms with Gasteiger partial charge >= 0.3 is 0 Å². The fourth-order valence-electron chi connectivity index (χ4n) is 2.25. The number of anilines is 2. The Kier molecular flexibility index (Phi) is 3.46. The fourth-order valence-corrected chi connectivity index (χ4v) is 2.25. The predicted molar refractivity (Wildman–Crippen MR) is 72.6 cm³/mol. The molecule has 0 spiro atoms. The largest absolute Gasteiger partial charge is 0.489 e. The normalized spacial score (nSPS) is 20.0. The third kappa shape index (κ3) is 2.84. The van der Waals surface area contributed by atoms with E-state index in [-0.39, 0.29) is 6.10 Å². The molecule has 0 saturated carbocycles. The summed E-state index contributed by atoms with van der Waals surface area (Å²) in [4.78, 5) is 2.40. The van der Waals surface area contributed by atoms with Crippen LogP contribution in [0.15, 0.2) is 18.2 Å². The maximum atomic E-state index is 5.92. The first-order valence-electron chi connectivity index (χ1n) is 6.37. The molecule has 0 aromatic heterocycles. The van der Waals surface area contributed by atoms with Gasteiger partial charge in [0.15, 0.2) is 0 Å². The quantitative estimate of drug-likeness (QED) is 0.817. The molecular weight excluding hydrogens is 212 g/mol. The first-order chi connectivity index (χ1) is 8.06. The molecule has 1 fully saturated rings. The highest BCUT2D eigenvalue weighted by atomic mass is 16.5. The summed E-state index contributed by atoms with van der Waals surface area (Å²) in [5.74, 6) is 1.58. The van der Waals surface area contributed by atoms with Gasteiger partial charge in [-0.3, -0.25) is 0 Å². The number of nitrogen functional groups attached to an aromatic ring is 1. The summed E-state index contributed by atoms with van der Waals surface area (Å²) in [5.41, 5.74) is 7.86. The lowest BCUT2D eigenvalue weighted by Crippen LogP contribution is -2.19. The van der Waals surface area contributed by atoms with E-state index in [1.165, 1.54) is 12.1 Å². The molecule has 1 aliphatic heterocycles. The molecule has 3 nitrogen and oxygen atoms in total. The number of nitrogens with zero attached hydrogens (tertiary/aromatic N) is 1. The highest BCUT2D eigenvalue weighted by Crippen LogP contribution is 2.31. The second-order valence-electron chi connectivity index (χ2n) is 5.23. The monoisotopic (exact) mass is 234 g/mol. The zero-order valence-corrected chi connectivity index (χ0v) is 10.9. The Morgan fingerprint density at radius 3 is 2.76 bits per heavy atom. The van der Waals surface area contributed by atoms with E-state index in [9.17, 15) is 0 Å². The first kappa shape index (κ1) is 12.1. The van der Waals surface area contributed by atoms with Gasteiger partial charge in [-0.05, 0) is 38.3 Å². The maximum Gasteiger partial charge on any atom is 0.144 e. The molecule has 1 heterocycles. The van der Waals surface area contributed by atoms with Crippen LogP contribution < -0.4 is 15.4 Å². The first-order valence-corrected chi connectivity index (χ1v) is 6.37. The minimum Gasteiger partial charge on any atom is -0.489 e. The van der Waals surface area contributed by atoms with Crippen molar-refractivity contribution in [1.82, 2.24) is 0 Å². The van der Waals surface area contributed by atoms with E-state index in [0.717, 1.165) is 30.4 Å². The molecule has 1 atom stereocenters. The van der Waals surface area contributed by atoms with E-state index in [0.29, 0.717) is 0 Å². The summed E-state index contributed by atoms with van der Waals surface area (Å²) in [6.45, 7) is 8.59. The molecule has 94 valence electrons. The van der Waals surface area contributed by atoms with Gasteiger partial charge in [-0.25, -0.2) is 0 Å². The molecule has 1 saturated heterocycles. The average Bonchev–Trinajstić information content (AvgIpc) is 2.67. The molecule has 2 rings (SSSR count). The number of benzene rings is 1. The van der Waals surface area contributed by atoms with E-state index >= 15 is 0 Å². The van der Waals surface area contributed by atoms with Gasteiger partial charge < -0.3 is 15.4 Å². The molecule has 0 aliphatic carbocycles. The van der Waals surface area contributed by atoms with Crippen LogP contribution in [-0.2, 0) is 0 Å². The van der Waals surface area contributed by atoms with Gasteiger partial charge in [0.25, 0.3) is 0 Å². The van der Waals surface area contributed by atoms with Crippen LogP contribution in [0.1, 0.15) is 27.2 Å². The van der Waals surface area contributed by atoms with E-state index in [1.54, 1.807) is 0 Å². The van der Waals surface area contributed by atoms with Crippen molar-refractivity contribution in [2.75, 3.05) is 23.7 Å². The third-order valence-corrected chi connectivity index (χ3v) is 3.15. The van der Waals surface area contributed by atoms with E-state index in [1.807, 2.05) is 19.9 Å². The molecule has 1 aliphatic rings. The standard InChI is InChI=1S/C14H22N2O/c1-10(2)17-14-8-12(4-5-13(14)15)16-7-6-11(3)9-16/h4-5,8,10-11H,6-7,9,15H2,1-3H3. The Bertz CT molecular complexity index is 390. The van der Waals surface area contributed by atoms with Crippen molar-refractivity contribution in [3.8, 4) is 5.75 Å². The van der Waals surface area contributed by atoms with Crippen molar-refractivity contribution in [3.05, 3.63) is 18.2 Å². The van der Waals surface area contributed by atoms with Gasteiger partial charge in [-0.15, -0.1) is 0 Å². The lowest BCUT2D eigenvalue weighted by molar-refractivity contribution is 0.244. The van der Waals surface area contributed by atoms with Crippen molar-refractivity contribution >= 4 is 11.4 Å². The topological polar surface area (TPSA) is 38.5 Å². The van der Waals surface area contributed by atoms with Gasteiger partial charge in [-0.2, -0.15) is 0 Å². The number of rotatable bonds is 3. The lowest BCUT2D eigenvalue weighted by Gasteiger charge is -2.20. The SMILES string of the molecule is CC1CCN(c2ccc(N)c(OC(C)C)c2)C1. The summed E-state index contributed by atoms with van der Waals surface area (Å²) < 4.78 is 5.72. The summed E-state index contributed by atoms with van der Waals surface area (Å²) >= 11 is 0. The van der Waals surface area contributed by atoms with E-state index in [2.05, 4.69) is 24.0 Å². The maximum absolute atomic E-state index is 5.92. The molecule has 0 radical (unpaired) electrons. The third-order valence-electron chi connectivity index (χ3n) is 3.15. The zero-order valence-electron chi connectivity index (χ0n) is 10.9. The van der Waals surface area contributed by atoms with Crippen LogP contribution in [0.3, 0.4) is 0 Å². The van der Waals surface area contributed by atoms with Crippen LogP contribution in [0.2, 0.25) is 0 Å². The van der Waals surface area contributed by atoms with Crippen molar-refractivity contribution in [2.45, 2.75) is 33.3 Å². The minimum atomic E-state index is 0.157. The van der Waals surface area contributed by atoms with Crippen LogP contribution in [0.5, 0.6) is 5.75 Å². The smallest absolute Gasteiger partial charge is 0.144 e. The van der Waals surface area contributed by atoms with Crippen molar-refractivity contribution in [1.29, 1.82) is 0 Å². The van der Waals surface area contributed by atoms with Crippen LogP contribution in [0.4, 0.5) is 11.4 Å². The van der Waals surface area contributed by atoms with Crippen LogP contribution in [0.25, 0.3) is 0 Å². The van der Waals surface area contributed by atoms with Crippen LogP contribution in [0, 0.1) is 5.92 Å². The second kappa shape index (κ2) is 4.86. The molecule has 3 heteroatoms. The summed E-state index contributed by atoms with van der Waals surface area (Å²) in [7, 11) is 0. The number of hydrogen-bond acceptors (Lipinski definition) is 3. The van der Waals surface area contributed by atoms with Crippen molar-refractivity contribution in [2.24, 2.45) is 5.92 Å². The summed E-state index contributed by atoms with van der Waals surface area (Å²) in [6.07, 6.45) is 1.43. The molecule has 1 unspecified atom stereocenters. The Morgan fingerprint density at radius 2 is 2.18 bits per heavy atom. The fraction of sp³-hybridized carbons (Fsp3) is 0.571.